The number of aromatic nitrogens is 2. The Labute approximate surface area is 110 Å². The molecular formula is C11H9F3N2O2S. The number of rotatable bonds is 3. The van der Waals surface area contributed by atoms with Crippen LogP contribution in [0.5, 0.6) is 0 Å². The first-order valence-corrected chi connectivity index (χ1v) is 6.18. The van der Waals surface area contributed by atoms with E-state index in [0.717, 1.165) is 34.0 Å². The van der Waals surface area contributed by atoms with Gasteiger partial charge in [-0.05, 0) is 6.42 Å². The van der Waals surface area contributed by atoms with Crippen molar-refractivity contribution in [2.45, 2.75) is 19.5 Å². The lowest BCUT2D eigenvalue weighted by Crippen LogP contribution is -2.09. The summed E-state index contributed by atoms with van der Waals surface area (Å²) in [6.07, 6.45) is -2.36. The Hall–Kier alpha value is -1.83. The van der Waals surface area contributed by atoms with E-state index in [9.17, 15) is 18.0 Å². The molecule has 1 N–H and O–H groups in total. The average molecular weight is 290 g/mol. The molecule has 2 heterocycles. The fourth-order valence-electron chi connectivity index (χ4n) is 1.54. The smallest absolute Gasteiger partial charge is 0.418 e. The molecule has 0 bridgehead atoms. The molecule has 0 aliphatic carbocycles. The number of alkyl halides is 3. The van der Waals surface area contributed by atoms with E-state index < -0.39 is 23.3 Å². The van der Waals surface area contributed by atoms with Gasteiger partial charge >= 0.3 is 12.1 Å². The van der Waals surface area contributed by atoms with Crippen molar-refractivity contribution < 1.29 is 23.1 Å². The molecule has 0 atom stereocenters. The third kappa shape index (κ3) is 2.62. The fourth-order valence-corrected chi connectivity index (χ4v) is 2.40. The minimum Gasteiger partial charge on any atom is -0.478 e. The number of halogens is 3. The van der Waals surface area contributed by atoms with Gasteiger partial charge < -0.3 is 5.11 Å². The molecule has 2 aromatic rings. The third-order valence-electron chi connectivity index (χ3n) is 2.49. The molecule has 0 spiro atoms. The number of hydrogen-bond acceptors (Lipinski definition) is 3. The van der Waals surface area contributed by atoms with Crippen LogP contribution >= 0.6 is 11.3 Å². The zero-order valence-corrected chi connectivity index (χ0v) is 10.5. The molecule has 0 saturated carbocycles. The van der Waals surface area contributed by atoms with E-state index in [1.54, 1.807) is 5.38 Å². The minimum absolute atomic E-state index is 0.315. The zero-order chi connectivity index (χ0) is 14.2. The highest BCUT2D eigenvalue weighted by atomic mass is 32.1. The van der Waals surface area contributed by atoms with Crippen LogP contribution in [0.2, 0.25) is 0 Å². The van der Waals surface area contributed by atoms with Crippen molar-refractivity contribution in [2.24, 2.45) is 0 Å². The molecule has 8 heteroatoms. The van der Waals surface area contributed by atoms with Crippen molar-refractivity contribution in [3.63, 3.8) is 0 Å². The van der Waals surface area contributed by atoms with Gasteiger partial charge in [0.15, 0.2) is 5.13 Å². The van der Waals surface area contributed by atoms with Crippen molar-refractivity contribution in [3.05, 3.63) is 34.6 Å². The molecule has 0 saturated heterocycles. The Balaban J connectivity index is 2.51. The number of aromatic carboxylic acids is 1. The molecule has 102 valence electrons. The van der Waals surface area contributed by atoms with Crippen LogP contribution in [-0.2, 0) is 12.6 Å². The minimum atomic E-state index is -4.70. The van der Waals surface area contributed by atoms with Gasteiger partial charge in [-0.2, -0.15) is 13.2 Å². The van der Waals surface area contributed by atoms with E-state index >= 15 is 0 Å². The summed E-state index contributed by atoms with van der Waals surface area (Å²) in [6, 6.07) is 0. The number of hydrogen-bond donors (Lipinski definition) is 1. The van der Waals surface area contributed by atoms with Crippen molar-refractivity contribution in [2.75, 3.05) is 0 Å². The van der Waals surface area contributed by atoms with Gasteiger partial charge in [0.1, 0.15) is 0 Å². The lowest BCUT2D eigenvalue weighted by atomic mass is 10.2. The first kappa shape index (κ1) is 13.6. The summed E-state index contributed by atoms with van der Waals surface area (Å²) < 4.78 is 39.2. The second-order valence-corrected chi connectivity index (χ2v) is 4.61. The molecule has 0 aliphatic rings. The summed E-state index contributed by atoms with van der Waals surface area (Å²) in [5.74, 6) is -1.61. The molecule has 0 aromatic carbocycles. The van der Waals surface area contributed by atoms with E-state index in [4.69, 9.17) is 5.11 Å². The first-order valence-electron chi connectivity index (χ1n) is 5.30. The number of aryl methyl sites for hydroxylation is 1. The van der Waals surface area contributed by atoms with Gasteiger partial charge in [0.2, 0.25) is 0 Å². The largest absolute Gasteiger partial charge is 0.478 e. The van der Waals surface area contributed by atoms with Crippen LogP contribution in [0.3, 0.4) is 0 Å². The van der Waals surface area contributed by atoms with Crippen LogP contribution in [0.15, 0.2) is 17.8 Å². The highest BCUT2D eigenvalue weighted by Crippen LogP contribution is 2.33. The highest BCUT2D eigenvalue weighted by Gasteiger charge is 2.37. The SMILES string of the molecule is CCc1csc(-n2cc(C(=O)O)c(C(F)(F)F)c2)n1. The number of thiazole rings is 1. The van der Waals surface area contributed by atoms with Gasteiger partial charge in [0.25, 0.3) is 0 Å². The normalized spacial score (nSPS) is 11.8. The molecular weight excluding hydrogens is 281 g/mol. The van der Waals surface area contributed by atoms with Gasteiger partial charge in [-0.1, -0.05) is 6.92 Å². The summed E-state index contributed by atoms with van der Waals surface area (Å²) in [4.78, 5) is 15.0. The predicted molar refractivity (Wildman–Crippen MR) is 62.8 cm³/mol. The van der Waals surface area contributed by atoms with Crippen LogP contribution in [0.1, 0.15) is 28.5 Å². The number of nitrogens with zero attached hydrogens (tertiary/aromatic N) is 2. The predicted octanol–water partition coefficient (Wildman–Crippen LogP) is 3.21. The Bertz CT molecular complexity index is 616. The van der Waals surface area contributed by atoms with E-state index in [-0.39, 0.29) is 0 Å². The van der Waals surface area contributed by atoms with Crippen LogP contribution < -0.4 is 0 Å². The lowest BCUT2D eigenvalue weighted by Gasteiger charge is -2.03. The van der Waals surface area contributed by atoms with Crippen molar-refractivity contribution in [1.82, 2.24) is 9.55 Å². The first-order chi connectivity index (χ1) is 8.82. The lowest BCUT2D eigenvalue weighted by molar-refractivity contribution is -0.138. The number of carbonyl (C=O) groups is 1. The number of carboxylic acids is 1. The van der Waals surface area contributed by atoms with Crippen molar-refractivity contribution in [3.8, 4) is 5.13 Å². The Kier molecular flexibility index (Phi) is 3.36. The van der Waals surface area contributed by atoms with Crippen LogP contribution in [0.4, 0.5) is 13.2 Å². The summed E-state index contributed by atoms with van der Waals surface area (Å²) in [7, 11) is 0. The molecule has 0 aliphatic heterocycles. The van der Waals surface area contributed by atoms with Crippen LogP contribution in [0, 0.1) is 0 Å². The zero-order valence-electron chi connectivity index (χ0n) is 9.73. The van der Waals surface area contributed by atoms with Crippen molar-refractivity contribution in [1.29, 1.82) is 0 Å². The number of carboxylic acid groups (broad SMARTS) is 1. The molecule has 2 rings (SSSR count). The third-order valence-corrected chi connectivity index (χ3v) is 3.39. The summed E-state index contributed by atoms with van der Waals surface area (Å²) in [5, 5.41) is 10.9. The van der Waals surface area contributed by atoms with Gasteiger partial charge in [-0.3, -0.25) is 4.57 Å². The highest BCUT2D eigenvalue weighted by molar-refractivity contribution is 7.12. The molecule has 0 radical (unpaired) electrons. The Morgan fingerprint density at radius 1 is 1.47 bits per heavy atom. The van der Waals surface area contributed by atoms with E-state index in [2.05, 4.69) is 4.98 Å². The standard InChI is InChI=1S/C11H9F3N2O2S/c1-2-6-5-19-10(15-6)16-3-7(9(17)18)8(4-16)11(12,13)14/h3-5H,2H2,1H3,(H,17,18). The molecule has 4 nitrogen and oxygen atoms in total. The average Bonchev–Trinajstić information content (AvgIpc) is 2.94. The summed E-state index contributed by atoms with van der Waals surface area (Å²) in [6.45, 7) is 1.87. The van der Waals surface area contributed by atoms with E-state index in [0.29, 0.717) is 11.6 Å². The molecule has 0 fully saturated rings. The van der Waals surface area contributed by atoms with E-state index in [1.165, 1.54) is 0 Å². The summed E-state index contributed by atoms with van der Waals surface area (Å²) >= 11 is 1.16. The van der Waals surface area contributed by atoms with E-state index in [1.807, 2.05) is 6.92 Å². The maximum atomic E-state index is 12.7. The Morgan fingerprint density at radius 3 is 2.58 bits per heavy atom. The second-order valence-electron chi connectivity index (χ2n) is 3.77. The maximum absolute atomic E-state index is 12.7. The van der Waals surface area contributed by atoms with Gasteiger partial charge in [-0.15, -0.1) is 11.3 Å². The fraction of sp³-hybridized carbons (Fsp3) is 0.273. The molecule has 0 unspecified atom stereocenters. The van der Waals surface area contributed by atoms with Crippen LogP contribution in [-0.4, -0.2) is 20.6 Å². The van der Waals surface area contributed by atoms with Gasteiger partial charge in [-0.25, -0.2) is 9.78 Å². The molecule has 2 aromatic heterocycles. The van der Waals surface area contributed by atoms with Gasteiger partial charge in [0.05, 0.1) is 16.8 Å². The quantitative estimate of drug-likeness (QED) is 0.944. The molecule has 19 heavy (non-hydrogen) atoms. The second kappa shape index (κ2) is 4.69. The van der Waals surface area contributed by atoms with Crippen molar-refractivity contribution >= 4 is 17.3 Å². The maximum Gasteiger partial charge on any atom is 0.418 e. The topological polar surface area (TPSA) is 55.1 Å². The summed E-state index contributed by atoms with van der Waals surface area (Å²) in [5.41, 5.74) is -1.20. The monoisotopic (exact) mass is 290 g/mol. The van der Waals surface area contributed by atoms with Crippen LogP contribution in [0.25, 0.3) is 5.13 Å². The Morgan fingerprint density at radius 2 is 2.16 bits per heavy atom. The van der Waals surface area contributed by atoms with Gasteiger partial charge in [0, 0.05) is 17.8 Å². The molecule has 0 amide bonds.